The minimum absolute atomic E-state index is 0.210. The predicted molar refractivity (Wildman–Crippen MR) is 96.0 cm³/mol. The Labute approximate surface area is 153 Å². The van der Waals surface area contributed by atoms with Crippen LogP contribution >= 0.6 is 11.3 Å². The molecule has 8 heteroatoms. The van der Waals surface area contributed by atoms with Crippen molar-refractivity contribution in [2.75, 3.05) is 18.5 Å². The Bertz CT molecular complexity index is 936. The van der Waals surface area contributed by atoms with Crippen molar-refractivity contribution in [2.45, 2.75) is 6.54 Å². The number of rotatable bonds is 5. The van der Waals surface area contributed by atoms with Crippen molar-refractivity contribution in [3.63, 3.8) is 0 Å². The van der Waals surface area contributed by atoms with E-state index in [0.717, 1.165) is 10.4 Å². The number of hydrogen-bond acceptors (Lipinski definition) is 6. The molecule has 0 atom stereocenters. The van der Waals surface area contributed by atoms with Crippen LogP contribution in [0, 0.1) is 0 Å². The van der Waals surface area contributed by atoms with Crippen LogP contribution < -0.4 is 5.32 Å². The molecule has 7 nitrogen and oxygen atoms in total. The first kappa shape index (κ1) is 16.3. The highest BCUT2D eigenvalue weighted by atomic mass is 32.1. The maximum absolute atomic E-state index is 12.4. The number of carbonyl (C=O) groups is 2. The molecule has 1 fully saturated rings. The Morgan fingerprint density at radius 1 is 1.27 bits per heavy atom. The van der Waals surface area contributed by atoms with E-state index >= 15 is 0 Å². The fourth-order valence-electron chi connectivity index (χ4n) is 2.65. The zero-order chi connectivity index (χ0) is 17.9. The van der Waals surface area contributed by atoms with Gasteiger partial charge in [-0.15, -0.1) is 11.3 Å². The quantitative estimate of drug-likeness (QED) is 0.743. The average molecular weight is 369 g/mol. The molecule has 2 aromatic heterocycles. The Kier molecular flexibility index (Phi) is 4.40. The summed E-state index contributed by atoms with van der Waals surface area (Å²) < 4.78 is 10.2. The number of thiophene rings is 1. The summed E-state index contributed by atoms with van der Waals surface area (Å²) in [6, 6.07) is 12.8. The molecule has 1 N–H and O–H groups in total. The summed E-state index contributed by atoms with van der Waals surface area (Å²) in [4.78, 5) is 26.5. The van der Waals surface area contributed by atoms with Crippen molar-refractivity contribution >= 4 is 29.0 Å². The number of anilines is 1. The number of aromatic nitrogens is 1. The third-order valence-corrected chi connectivity index (χ3v) is 4.79. The number of ether oxygens (including phenoxy) is 1. The SMILES string of the molecule is O=C(Nc1cccc(CN2CCOC2=O)c1)c1cc(-c2cccs2)on1. The van der Waals surface area contributed by atoms with Crippen molar-refractivity contribution in [3.8, 4) is 10.6 Å². The maximum Gasteiger partial charge on any atom is 0.410 e. The topological polar surface area (TPSA) is 84.7 Å². The lowest BCUT2D eigenvalue weighted by Gasteiger charge is -2.13. The molecule has 1 aliphatic heterocycles. The van der Waals surface area contributed by atoms with Gasteiger partial charge in [0.25, 0.3) is 5.91 Å². The normalized spacial score (nSPS) is 13.7. The fraction of sp³-hybridized carbons (Fsp3) is 0.167. The molecule has 0 radical (unpaired) electrons. The molecule has 1 aromatic carbocycles. The number of amides is 2. The first-order valence-electron chi connectivity index (χ1n) is 8.01. The lowest BCUT2D eigenvalue weighted by molar-refractivity contribution is 0.101. The van der Waals surface area contributed by atoms with E-state index in [2.05, 4.69) is 10.5 Å². The molecule has 1 saturated heterocycles. The number of nitrogens with one attached hydrogen (secondary N) is 1. The van der Waals surface area contributed by atoms with Gasteiger partial charge in [0.05, 0.1) is 11.4 Å². The minimum atomic E-state index is -0.353. The Morgan fingerprint density at radius 3 is 2.96 bits per heavy atom. The van der Waals surface area contributed by atoms with Gasteiger partial charge in [-0.3, -0.25) is 4.79 Å². The van der Waals surface area contributed by atoms with E-state index in [0.29, 0.717) is 31.1 Å². The van der Waals surface area contributed by atoms with Gasteiger partial charge in [0.15, 0.2) is 11.5 Å². The van der Waals surface area contributed by atoms with E-state index in [1.165, 1.54) is 11.3 Å². The lowest BCUT2D eigenvalue weighted by atomic mass is 10.2. The van der Waals surface area contributed by atoms with Crippen molar-refractivity contribution in [2.24, 2.45) is 0 Å². The minimum Gasteiger partial charge on any atom is -0.448 e. The molecule has 0 unspecified atom stereocenters. The third kappa shape index (κ3) is 3.45. The van der Waals surface area contributed by atoms with E-state index in [-0.39, 0.29) is 17.7 Å². The summed E-state index contributed by atoms with van der Waals surface area (Å²) in [5, 5.41) is 8.56. The van der Waals surface area contributed by atoms with Crippen LogP contribution in [0.3, 0.4) is 0 Å². The number of carbonyl (C=O) groups excluding carboxylic acids is 2. The number of nitrogens with zero attached hydrogens (tertiary/aromatic N) is 2. The molecule has 132 valence electrons. The predicted octanol–water partition coefficient (Wildman–Crippen LogP) is 3.61. The van der Waals surface area contributed by atoms with Crippen LogP contribution in [0.2, 0.25) is 0 Å². The molecule has 0 spiro atoms. The maximum atomic E-state index is 12.4. The summed E-state index contributed by atoms with van der Waals surface area (Å²) in [6.07, 6.45) is -0.317. The summed E-state index contributed by atoms with van der Waals surface area (Å²) in [7, 11) is 0. The highest BCUT2D eigenvalue weighted by molar-refractivity contribution is 7.13. The standard InChI is InChI=1S/C18H15N3O4S/c22-17(14-10-15(25-20-14)16-5-2-8-26-16)19-13-4-1-3-12(9-13)11-21-6-7-24-18(21)23/h1-5,8-10H,6-7,11H2,(H,19,22). The average Bonchev–Trinajstić information content (AvgIpc) is 3.37. The Balaban J connectivity index is 1.44. The van der Waals surface area contributed by atoms with Gasteiger partial charge in [0.2, 0.25) is 0 Å². The molecule has 3 heterocycles. The zero-order valence-electron chi connectivity index (χ0n) is 13.7. The summed E-state index contributed by atoms with van der Waals surface area (Å²) in [6.45, 7) is 1.42. The molecule has 0 aliphatic carbocycles. The summed E-state index contributed by atoms with van der Waals surface area (Å²) in [5.74, 6) is 0.209. The first-order valence-corrected chi connectivity index (χ1v) is 8.89. The fourth-order valence-corrected chi connectivity index (χ4v) is 3.32. The highest BCUT2D eigenvalue weighted by Crippen LogP contribution is 2.25. The lowest BCUT2D eigenvalue weighted by Crippen LogP contribution is -2.23. The van der Waals surface area contributed by atoms with E-state index in [9.17, 15) is 9.59 Å². The summed E-state index contributed by atoms with van der Waals surface area (Å²) >= 11 is 1.51. The van der Waals surface area contributed by atoms with Crippen LogP contribution in [-0.2, 0) is 11.3 Å². The van der Waals surface area contributed by atoms with Crippen LogP contribution in [-0.4, -0.2) is 35.2 Å². The molecular weight excluding hydrogens is 354 g/mol. The molecule has 0 saturated carbocycles. The van der Waals surface area contributed by atoms with Crippen LogP contribution in [0.4, 0.5) is 10.5 Å². The van der Waals surface area contributed by atoms with Gasteiger partial charge in [-0.05, 0) is 29.1 Å². The van der Waals surface area contributed by atoms with Crippen molar-refractivity contribution in [3.05, 3.63) is 59.1 Å². The largest absolute Gasteiger partial charge is 0.448 e. The van der Waals surface area contributed by atoms with E-state index in [1.54, 1.807) is 17.0 Å². The van der Waals surface area contributed by atoms with Gasteiger partial charge in [-0.25, -0.2) is 4.79 Å². The zero-order valence-corrected chi connectivity index (χ0v) is 14.5. The van der Waals surface area contributed by atoms with Crippen LogP contribution in [0.25, 0.3) is 10.6 Å². The van der Waals surface area contributed by atoms with Gasteiger partial charge < -0.3 is 19.5 Å². The van der Waals surface area contributed by atoms with E-state index in [4.69, 9.17) is 9.26 Å². The first-order chi connectivity index (χ1) is 12.7. The molecular formula is C18H15N3O4S. The second-order valence-corrected chi connectivity index (χ2v) is 6.69. The number of benzene rings is 1. The van der Waals surface area contributed by atoms with Gasteiger partial charge >= 0.3 is 6.09 Å². The molecule has 1 aliphatic rings. The van der Waals surface area contributed by atoms with Crippen LogP contribution in [0.15, 0.2) is 52.4 Å². The number of hydrogen-bond donors (Lipinski definition) is 1. The molecule has 3 aromatic rings. The highest BCUT2D eigenvalue weighted by Gasteiger charge is 2.22. The molecule has 26 heavy (non-hydrogen) atoms. The Morgan fingerprint density at radius 2 is 2.19 bits per heavy atom. The van der Waals surface area contributed by atoms with Crippen molar-refractivity contribution in [1.29, 1.82) is 0 Å². The van der Waals surface area contributed by atoms with Crippen molar-refractivity contribution in [1.82, 2.24) is 10.1 Å². The van der Waals surface area contributed by atoms with Gasteiger partial charge in [0.1, 0.15) is 6.61 Å². The third-order valence-electron chi connectivity index (χ3n) is 3.91. The van der Waals surface area contributed by atoms with Crippen molar-refractivity contribution < 1.29 is 18.8 Å². The second-order valence-electron chi connectivity index (χ2n) is 5.74. The summed E-state index contributed by atoms with van der Waals surface area (Å²) in [5.41, 5.74) is 1.74. The van der Waals surface area contributed by atoms with Crippen LogP contribution in [0.5, 0.6) is 0 Å². The molecule has 4 rings (SSSR count). The van der Waals surface area contributed by atoms with E-state index in [1.807, 2.05) is 35.7 Å². The van der Waals surface area contributed by atoms with E-state index < -0.39 is 0 Å². The van der Waals surface area contributed by atoms with Gasteiger partial charge in [-0.2, -0.15) is 0 Å². The van der Waals surface area contributed by atoms with Crippen LogP contribution in [0.1, 0.15) is 16.1 Å². The molecule has 0 bridgehead atoms. The smallest absolute Gasteiger partial charge is 0.410 e. The second kappa shape index (κ2) is 7.01. The van der Waals surface area contributed by atoms with Gasteiger partial charge in [-0.1, -0.05) is 23.4 Å². The number of cyclic esters (lactones) is 1. The monoisotopic (exact) mass is 369 g/mol. The van der Waals surface area contributed by atoms with Gasteiger partial charge in [0, 0.05) is 18.3 Å². The Hall–Kier alpha value is -3.13. The molecule has 2 amide bonds.